The number of piperidine rings is 1. The Morgan fingerprint density at radius 1 is 1.60 bits per heavy atom. The van der Waals surface area contributed by atoms with Gasteiger partial charge < -0.3 is 20.5 Å². The molecule has 20 heavy (non-hydrogen) atoms. The Morgan fingerprint density at radius 2 is 2.25 bits per heavy atom. The average molecular weight is 287 g/mol. The zero-order valence-electron chi connectivity index (χ0n) is 12.4. The number of hydrogen-bond donors (Lipinski definition) is 3. The molecule has 1 aliphatic rings. The van der Waals surface area contributed by atoms with Crippen LogP contribution in [0.3, 0.4) is 0 Å². The van der Waals surface area contributed by atoms with Gasteiger partial charge in [0.1, 0.15) is 0 Å². The lowest BCUT2D eigenvalue weighted by molar-refractivity contribution is 0.0836. The summed E-state index contributed by atoms with van der Waals surface area (Å²) in [6.45, 7) is 6.23. The number of aliphatic hydroxyl groups is 1. The van der Waals surface area contributed by atoms with Crippen LogP contribution in [0.4, 0.5) is 4.79 Å². The molecule has 1 saturated heterocycles. The predicted octanol–water partition coefficient (Wildman–Crippen LogP) is -0.432. The summed E-state index contributed by atoms with van der Waals surface area (Å²) in [5.41, 5.74) is 5.33. The minimum Gasteiger partial charge on any atom is -0.450 e. The minimum absolute atomic E-state index is 0.221. The van der Waals surface area contributed by atoms with E-state index in [0.29, 0.717) is 32.3 Å². The highest BCUT2D eigenvalue weighted by Crippen LogP contribution is 2.16. The highest BCUT2D eigenvalue weighted by Gasteiger charge is 2.25. The van der Waals surface area contributed by atoms with Crippen LogP contribution in [0.5, 0.6) is 0 Å². The Morgan fingerprint density at radius 3 is 2.80 bits per heavy atom. The highest BCUT2D eigenvalue weighted by molar-refractivity contribution is 5.67. The van der Waals surface area contributed by atoms with Crippen molar-refractivity contribution in [3.63, 3.8) is 0 Å². The van der Waals surface area contributed by atoms with Crippen molar-refractivity contribution in [2.75, 3.05) is 39.8 Å². The van der Waals surface area contributed by atoms with Crippen LogP contribution in [0.15, 0.2) is 0 Å². The summed E-state index contributed by atoms with van der Waals surface area (Å²) in [6, 6.07) is 0.392. The molecule has 0 saturated carbocycles. The Bertz CT molecular complexity index is 283. The molecule has 1 amide bonds. The Balaban J connectivity index is 2.21. The molecule has 1 unspecified atom stereocenters. The molecule has 1 fully saturated rings. The van der Waals surface area contributed by atoms with Gasteiger partial charge in [-0.25, -0.2) is 4.79 Å². The van der Waals surface area contributed by atoms with Crippen molar-refractivity contribution in [1.29, 1.82) is 0 Å². The van der Waals surface area contributed by atoms with Gasteiger partial charge in [-0.2, -0.15) is 0 Å². The maximum Gasteiger partial charge on any atom is 0.409 e. The van der Waals surface area contributed by atoms with Crippen molar-refractivity contribution in [3.05, 3.63) is 6.67 Å². The number of ether oxygens (including phenoxy) is 1. The van der Waals surface area contributed by atoms with Crippen LogP contribution in [0, 0.1) is 6.67 Å². The Kier molecular flexibility index (Phi) is 7.83. The molecule has 4 N–H and O–H groups in total. The second-order valence-corrected chi connectivity index (χ2v) is 5.01. The van der Waals surface area contributed by atoms with Gasteiger partial charge in [-0.3, -0.25) is 10.2 Å². The van der Waals surface area contributed by atoms with Crippen molar-refractivity contribution in [1.82, 2.24) is 15.1 Å². The molecule has 0 aliphatic carbocycles. The first-order valence-electron chi connectivity index (χ1n) is 7.17. The summed E-state index contributed by atoms with van der Waals surface area (Å²) in [7, 11) is 1.99. The third-order valence-corrected chi connectivity index (χ3v) is 3.49. The molecule has 0 aromatic rings. The first-order chi connectivity index (χ1) is 9.58. The van der Waals surface area contributed by atoms with Crippen molar-refractivity contribution in [2.24, 2.45) is 5.73 Å². The number of nitrogens with two attached hydrogens (primary N) is 1. The van der Waals surface area contributed by atoms with Crippen LogP contribution < -0.4 is 11.1 Å². The van der Waals surface area contributed by atoms with Crippen LogP contribution in [0.1, 0.15) is 19.8 Å². The number of hydrogen-bond acceptors (Lipinski definition) is 6. The summed E-state index contributed by atoms with van der Waals surface area (Å²) < 4.78 is 4.99. The van der Waals surface area contributed by atoms with E-state index in [1.807, 2.05) is 20.6 Å². The Hall–Kier alpha value is -0.890. The first kappa shape index (κ1) is 17.2. The number of rotatable bonds is 7. The quantitative estimate of drug-likeness (QED) is 0.588. The summed E-state index contributed by atoms with van der Waals surface area (Å²) in [6.07, 6.45) is 1.08. The average Bonchev–Trinajstić information content (AvgIpc) is 2.47. The third-order valence-electron chi connectivity index (χ3n) is 3.49. The maximum atomic E-state index is 11.6. The zero-order valence-corrected chi connectivity index (χ0v) is 12.4. The second kappa shape index (κ2) is 9.12. The predicted molar refractivity (Wildman–Crippen MR) is 76.7 cm³/mol. The van der Waals surface area contributed by atoms with Gasteiger partial charge in [0.2, 0.25) is 0 Å². The van der Waals surface area contributed by atoms with E-state index in [0.717, 1.165) is 12.8 Å². The molecular weight excluding hydrogens is 260 g/mol. The molecule has 0 bridgehead atoms. The van der Waals surface area contributed by atoms with Crippen LogP contribution >= 0.6 is 0 Å². The number of aliphatic hydroxyl groups excluding tert-OH is 1. The van der Waals surface area contributed by atoms with E-state index >= 15 is 0 Å². The SMILES string of the molecule is CCOC(=O)N1CCC(N(C)[CH]NCC(O)CN)CC1. The summed E-state index contributed by atoms with van der Waals surface area (Å²) in [5, 5.41) is 12.4. The Labute approximate surface area is 121 Å². The maximum absolute atomic E-state index is 11.6. The second-order valence-electron chi connectivity index (χ2n) is 5.01. The molecular formula is C13H27N4O3. The van der Waals surface area contributed by atoms with Crippen molar-refractivity contribution in [3.8, 4) is 0 Å². The van der Waals surface area contributed by atoms with E-state index in [-0.39, 0.29) is 12.6 Å². The molecule has 1 heterocycles. The zero-order chi connectivity index (χ0) is 15.0. The molecule has 1 aliphatic heterocycles. The third kappa shape index (κ3) is 5.62. The molecule has 1 radical (unpaired) electrons. The first-order valence-corrected chi connectivity index (χ1v) is 7.17. The molecule has 0 aromatic heterocycles. The number of carbonyl (C=O) groups excluding carboxylic acids is 1. The van der Waals surface area contributed by atoms with Gasteiger partial charge in [0.05, 0.1) is 19.4 Å². The number of likely N-dealkylation sites (tertiary alicyclic amines) is 1. The topological polar surface area (TPSA) is 91.1 Å². The van der Waals surface area contributed by atoms with E-state index in [1.54, 1.807) is 4.90 Å². The standard InChI is InChI=1S/C13H27N4O3/c1-3-20-13(19)17-6-4-11(5-7-17)16(2)10-15-9-12(18)8-14/h10-12,15,18H,3-9,14H2,1-2H3. The van der Waals surface area contributed by atoms with Gasteiger partial charge in [-0.1, -0.05) is 0 Å². The smallest absolute Gasteiger partial charge is 0.409 e. The molecule has 7 heteroatoms. The minimum atomic E-state index is -0.523. The van der Waals surface area contributed by atoms with E-state index in [1.165, 1.54) is 0 Å². The molecule has 7 nitrogen and oxygen atoms in total. The van der Waals surface area contributed by atoms with E-state index < -0.39 is 6.10 Å². The highest BCUT2D eigenvalue weighted by atomic mass is 16.6. The van der Waals surface area contributed by atoms with Crippen LogP contribution in [0.25, 0.3) is 0 Å². The number of carbonyl (C=O) groups is 1. The van der Waals surface area contributed by atoms with Crippen molar-refractivity contribution < 1.29 is 14.6 Å². The van der Waals surface area contributed by atoms with Crippen LogP contribution in [-0.2, 0) is 4.74 Å². The molecule has 117 valence electrons. The lowest BCUT2D eigenvalue weighted by Gasteiger charge is -2.36. The normalized spacial score (nSPS) is 18.4. The lowest BCUT2D eigenvalue weighted by atomic mass is 10.0. The summed E-state index contributed by atoms with van der Waals surface area (Å²) in [4.78, 5) is 15.4. The van der Waals surface area contributed by atoms with E-state index in [9.17, 15) is 9.90 Å². The largest absolute Gasteiger partial charge is 0.450 e. The summed E-state index contributed by atoms with van der Waals surface area (Å²) in [5.74, 6) is 0. The molecule has 1 atom stereocenters. The van der Waals surface area contributed by atoms with Crippen molar-refractivity contribution >= 4 is 6.09 Å². The number of nitrogens with zero attached hydrogens (tertiary/aromatic N) is 2. The monoisotopic (exact) mass is 287 g/mol. The fourth-order valence-electron chi connectivity index (χ4n) is 2.19. The number of amides is 1. The van der Waals surface area contributed by atoms with E-state index in [4.69, 9.17) is 10.5 Å². The summed E-state index contributed by atoms with van der Waals surface area (Å²) >= 11 is 0. The van der Waals surface area contributed by atoms with Crippen LogP contribution in [0.2, 0.25) is 0 Å². The molecule has 0 spiro atoms. The number of nitrogens with one attached hydrogen (secondary N) is 1. The van der Waals surface area contributed by atoms with Gasteiger partial charge >= 0.3 is 6.09 Å². The fraction of sp³-hybridized carbons (Fsp3) is 0.846. The molecule has 0 aromatic carbocycles. The van der Waals surface area contributed by atoms with Gasteiger partial charge in [0.25, 0.3) is 0 Å². The molecule has 1 rings (SSSR count). The van der Waals surface area contributed by atoms with Crippen molar-refractivity contribution in [2.45, 2.75) is 31.9 Å². The fourth-order valence-corrected chi connectivity index (χ4v) is 2.19. The van der Waals surface area contributed by atoms with Gasteiger partial charge in [0.15, 0.2) is 0 Å². The van der Waals surface area contributed by atoms with Gasteiger partial charge in [0, 0.05) is 32.2 Å². The van der Waals surface area contributed by atoms with Crippen LogP contribution in [-0.4, -0.2) is 73.0 Å². The van der Waals surface area contributed by atoms with Gasteiger partial charge in [-0.15, -0.1) is 0 Å². The van der Waals surface area contributed by atoms with Gasteiger partial charge in [-0.05, 0) is 26.8 Å². The lowest BCUT2D eigenvalue weighted by Crippen LogP contribution is -2.46. The van der Waals surface area contributed by atoms with E-state index in [2.05, 4.69) is 10.2 Å².